The Bertz CT molecular complexity index is 896. The van der Waals surface area contributed by atoms with Gasteiger partial charge in [-0.15, -0.1) is 0 Å². The van der Waals surface area contributed by atoms with Crippen molar-refractivity contribution in [3.63, 3.8) is 0 Å². The molecule has 3 aromatic rings. The summed E-state index contributed by atoms with van der Waals surface area (Å²) in [5.74, 6) is 1.69. The molecule has 130 valence electrons. The molecule has 0 radical (unpaired) electrons. The van der Waals surface area contributed by atoms with Gasteiger partial charge in [0.05, 0.1) is 5.56 Å². The highest BCUT2D eigenvalue weighted by Gasteiger charge is 2.30. The van der Waals surface area contributed by atoms with Crippen LogP contribution in [0.25, 0.3) is 11.0 Å². The lowest BCUT2D eigenvalue weighted by Crippen LogP contribution is -2.39. The number of amides is 1. The second-order valence-electron chi connectivity index (χ2n) is 6.88. The van der Waals surface area contributed by atoms with Crippen molar-refractivity contribution in [3.8, 4) is 0 Å². The quantitative estimate of drug-likeness (QED) is 0.722. The van der Waals surface area contributed by atoms with Crippen molar-refractivity contribution in [2.45, 2.75) is 38.5 Å². The molecular weight excluding hydrogens is 318 g/mol. The predicted molar refractivity (Wildman–Crippen MR) is 92.5 cm³/mol. The van der Waals surface area contributed by atoms with Crippen molar-refractivity contribution in [1.29, 1.82) is 0 Å². The molecule has 1 amide bonds. The van der Waals surface area contributed by atoms with Gasteiger partial charge in [-0.05, 0) is 18.9 Å². The van der Waals surface area contributed by atoms with E-state index in [2.05, 4.69) is 10.1 Å². The normalized spacial score (nSPS) is 18.2. The summed E-state index contributed by atoms with van der Waals surface area (Å²) >= 11 is 0. The van der Waals surface area contributed by atoms with Crippen molar-refractivity contribution >= 4 is 16.9 Å². The summed E-state index contributed by atoms with van der Waals surface area (Å²) in [6, 6.07) is 7.61. The van der Waals surface area contributed by atoms with Crippen molar-refractivity contribution < 1.29 is 13.7 Å². The van der Waals surface area contributed by atoms with Crippen LogP contribution in [0.1, 0.15) is 60.6 Å². The van der Waals surface area contributed by atoms with Crippen LogP contribution in [0.3, 0.4) is 0 Å². The smallest absolute Gasteiger partial charge is 0.257 e. The van der Waals surface area contributed by atoms with E-state index in [-0.39, 0.29) is 17.7 Å². The number of furan rings is 1. The number of piperidine rings is 1. The molecule has 0 N–H and O–H groups in total. The molecular formula is C19H21N3O3. The summed E-state index contributed by atoms with van der Waals surface area (Å²) in [6.07, 6.45) is 3.45. The third-order valence-corrected chi connectivity index (χ3v) is 4.74. The number of hydrogen-bond acceptors (Lipinski definition) is 5. The van der Waals surface area contributed by atoms with E-state index in [9.17, 15) is 4.79 Å². The molecule has 0 saturated carbocycles. The van der Waals surface area contributed by atoms with E-state index in [4.69, 9.17) is 8.94 Å². The highest BCUT2D eigenvalue weighted by atomic mass is 16.5. The first-order valence-corrected chi connectivity index (χ1v) is 8.72. The van der Waals surface area contributed by atoms with Gasteiger partial charge in [-0.3, -0.25) is 4.79 Å². The van der Waals surface area contributed by atoms with Crippen LogP contribution in [0.15, 0.2) is 39.5 Å². The van der Waals surface area contributed by atoms with Crippen LogP contribution >= 0.6 is 0 Å². The number of fused-ring (bicyclic) bond motifs is 1. The molecule has 1 saturated heterocycles. The van der Waals surface area contributed by atoms with Gasteiger partial charge >= 0.3 is 0 Å². The van der Waals surface area contributed by atoms with E-state index in [1.165, 1.54) is 0 Å². The number of rotatable bonds is 3. The minimum absolute atomic E-state index is 0.00206. The van der Waals surface area contributed by atoms with Gasteiger partial charge in [0.15, 0.2) is 5.82 Å². The summed E-state index contributed by atoms with van der Waals surface area (Å²) < 4.78 is 10.8. The van der Waals surface area contributed by atoms with Crippen LogP contribution in [-0.4, -0.2) is 34.0 Å². The molecule has 0 spiro atoms. The Morgan fingerprint density at radius 3 is 2.96 bits per heavy atom. The summed E-state index contributed by atoms with van der Waals surface area (Å²) in [5, 5.41) is 4.98. The maximum atomic E-state index is 13.0. The Kier molecular flexibility index (Phi) is 4.03. The van der Waals surface area contributed by atoms with Crippen molar-refractivity contribution in [2.24, 2.45) is 0 Å². The van der Waals surface area contributed by atoms with Gasteiger partial charge in [-0.25, -0.2) is 0 Å². The molecule has 2 aromatic heterocycles. The Morgan fingerprint density at radius 2 is 2.16 bits per heavy atom. The minimum atomic E-state index is 0.00206. The van der Waals surface area contributed by atoms with Gasteiger partial charge in [-0.2, -0.15) is 4.98 Å². The maximum absolute atomic E-state index is 13.0. The number of para-hydroxylation sites is 1. The monoisotopic (exact) mass is 339 g/mol. The summed E-state index contributed by atoms with van der Waals surface area (Å²) in [5.41, 5.74) is 1.35. The Hall–Kier alpha value is -2.63. The summed E-state index contributed by atoms with van der Waals surface area (Å²) in [4.78, 5) is 19.3. The number of carbonyl (C=O) groups excluding carboxylic acids is 1. The summed E-state index contributed by atoms with van der Waals surface area (Å²) in [7, 11) is 0. The molecule has 4 rings (SSSR count). The predicted octanol–water partition coefficient (Wildman–Crippen LogP) is 3.96. The average molecular weight is 339 g/mol. The largest absolute Gasteiger partial charge is 0.463 e. The van der Waals surface area contributed by atoms with Gasteiger partial charge < -0.3 is 13.8 Å². The van der Waals surface area contributed by atoms with Crippen molar-refractivity contribution in [2.75, 3.05) is 13.1 Å². The molecule has 1 aliphatic heterocycles. The third kappa shape index (κ3) is 2.92. The Labute approximate surface area is 145 Å². The first-order chi connectivity index (χ1) is 12.1. The highest BCUT2D eigenvalue weighted by Crippen LogP contribution is 2.29. The fourth-order valence-corrected chi connectivity index (χ4v) is 3.33. The van der Waals surface area contributed by atoms with Crippen LogP contribution in [0.5, 0.6) is 0 Å². The molecule has 6 nitrogen and oxygen atoms in total. The van der Waals surface area contributed by atoms with Gasteiger partial charge in [0, 0.05) is 30.3 Å². The number of carbonyl (C=O) groups is 1. The van der Waals surface area contributed by atoms with Gasteiger partial charge in [-0.1, -0.05) is 37.2 Å². The first-order valence-electron chi connectivity index (χ1n) is 8.72. The lowest BCUT2D eigenvalue weighted by molar-refractivity contribution is 0.0704. The molecule has 1 atom stereocenters. The van der Waals surface area contributed by atoms with E-state index >= 15 is 0 Å². The zero-order chi connectivity index (χ0) is 17.4. The standard InChI is InChI=1S/C19H21N3O3/c1-12(2)18-20-17(21-25-18)13-6-5-9-22(10-13)19(23)15-11-24-16-8-4-3-7-14(15)16/h3-4,7-8,11-13H,5-6,9-10H2,1-2H3. The van der Waals surface area contributed by atoms with Crippen LogP contribution in [0, 0.1) is 0 Å². The van der Waals surface area contributed by atoms with Crippen molar-refractivity contribution in [1.82, 2.24) is 15.0 Å². The molecule has 1 aliphatic rings. The third-order valence-electron chi connectivity index (χ3n) is 4.74. The zero-order valence-electron chi connectivity index (χ0n) is 14.4. The number of likely N-dealkylation sites (tertiary alicyclic amines) is 1. The second-order valence-corrected chi connectivity index (χ2v) is 6.88. The molecule has 1 unspecified atom stereocenters. The van der Waals surface area contributed by atoms with Crippen LogP contribution in [0.2, 0.25) is 0 Å². The van der Waals surface area contributed by atoms with Gasteiger partial charge in [0.25, 0.3) is 5.91 Å². The van der Waals surface area contributed by atoms with Crippen molar-refractivity contribution in [3.05, 3.63) is 47.8 Å². The first kappa shape index (κ1) is 15.9. The van der Waals surface area contributed by atoms with Gasteiger partial charge in [0.2, 0.25) is 5.89 Å². The topological polar surface area (TPSA) is 72.4 Å². The lowest BCUT2D eigenvalue weighted by atomic mass is 9.96. The molecule has 0 bridgehead atoms. The number of nitrogens with zero attached hydrogens (tertiary/aromatic N) is 3. The fraction of sp³-hybridized carbons (Fsp3) is 0.421. The molecule has 25 heavy (non-hydrogen) atoms. The minimum Gasteiger partial charge on any atom is -0.463 e. The Balaban J connectivity index is 1.55. The second kappa shape index (κ2) is 6.35. The number of hydrogen-bond donors (Lipinski definition) is 0. The van der Waals surface area contributed by atoms with E-state index < -0.39 is 0 Å². The van der Waals surface area contributed by atoms with E-state index in [1.54, 1.807) is 6.26 Å². The number of benzene rings is 1. The van der Waals surface area contributed by atoms with Crippen LogP contribution < -0.4 is 0 Å². The van der Waals surface area contributed by atoms with E-state index in [0.29, 0.717) is 23.8 Å². The average Bonchev–Trinajstić information content (AvgIpc) is 3.28. The number of aromatic nitrogens is 2. The molecule has 1 fully saturated rings. The molecule has 3 heterocycles. The maximum Gasteiger partial charge on any atom is 0.257 e. The summed E-state index contributed by atoms with van der Waals surface area (Å²) in [6.45, 7) is 5.40. The molecule has 0 aliphatic carbocycles. The van der Waals surface area contributed by atoms with E-state index in [0.717, 1.165) is 30.4 Å². The highest BCUT2D eigenvalue weighted by molar-refractivity contribution is 6.05. The molecule has 6 heteroatoms. The Morgan fingerprint density at radius 1 is 1.32 bits per heavy atom. The van der Waals surface area contributed by atoms with E-state index in [1.807, 2.05) is 43.0 Å². The van der Waals surface area contributed by atoms with Gasteiger partial charge in [0.1, 0.15) is 11.8 Å². The zero-order valence-corrected chi connectivity index (χ0v) is 14.4. The molecule has 1 aromatic carbocycles. The SMILES string of the molecule is CC(C)c1nc(C2CCCN(C(=O)c3coc4ccccc34)C2)no1. The van der Waals surface area contributed by atoms with Crippen LogP contribution in [-0.2, 0) is 0 Å². The van der Waals surface area contributed by atoms with Crippen LogP contribution in [0.4, 0.5) is 0 Å². The lowest BCUT2D eigenvalue weighted by Gasteiger charge is -2.31. The fourth-order valence-electron chi connectivity index (χ4n) is 3.33.